The van der Waals surface area contributed by atoms with Crippen molar-refractivity contribution in [3.63, 3.8) is 0 Å². The molecule has 0 saturated carbocycles. The van der Waals surface area contributed by atoms with Crippen LogP contribution in [0, 0.1) is 12.8 Å². The van der Waals surface area contributed by atoms with Crippen molar-refractivity contribution in [3.05, 3.63) is 58.7 Å². The van der Waals surface area contributed by atoms with E-state index in [4.69, 9.17) is 5.73 Å². The number of carbonyl (C=O) groups excluding carboxylic acids is 2. The molecule has 1 aromatic carbocycles. The van der Waals surface area contributed by atoms with Crippen molar-refractivity contribution < 1.29 is 18.4 Å². The first-order valence-electron chi connectivity index (χ1n) is 10.5. The molecule has 1 unspecified atom stereocenters. The lowest BCUT2D eigenvalue weighted by Crippen LogP contribution is -2.37. The Morgan fingerprint density at radius 2 is 1.90 bits per heavy atom. The fourth-order valence-corrected chi connectivity index (χ4v) is 3.58. The van der Waals surface area contributed by atoms with Gasteiger partial charge in [-0.25, -0.2) is 8.78 Å². The molecule has 0 saturated heterocycles. The third-order valence-electron chi connectivity index (χ3n) is 4.96. The summed E-state index contributed by atoms with van der Waals surface area (Å²) in [6, 6.07) is 4.74. The van der Waals surface area contributed by atoms with Crippen LogP contribution in [0.1, 0.15) is 65.3 Å². The van der Waals surface area contributed by atoms with Gasteiger partial charge in [-0.05, 0) is 74.9 Å². The molecule has 1 aliphatic carbocycles. The summed E-state index contributed by atoms with van der Waals surface area (Å²) < 4.78 is 27.2. The Morgan fingerprint density at radius 1 is 1.20 bits per heavy atom. The molecule has 7 heteroatoms. The number of halogens is 2. The van der Waals surface area contributed by atoms with Crippen LogP contribution >= 0.6 is 0 Å². The summed E-state index contributed by atoms with van der Waals surface area (Å²) in [5, 5.41) is 5.77. The number of amides is 2. The van der Waals surface area contributed by atoms with Crippen LogP contribution in [-0.2, 0) is 0 Å². The van der Waals surface area contributed by atoms with Crippen LogP contribution in [0.5, 0.6) is 0 Å². The lowest BCUT2D eigenvalue weighted by atomic mass is 9.90. The van der Waals surface area contributed by atoms with Crippen LogP contribution in [0.15, 0.2) is 42.0 Å². The predicted octanol–water partition coefficient (Wildman–Crippen LogP) is 4.09. The number of aryl methyl sites for hydroxylation is 1. The number of nitrogens with two attached hydrogens (primary N) is 1. The van der Waals surface area contributed by atoms with Gasteiger partial charge in [0.25, 0.3) is 11.8 Å². The molecule has 0 spiro atoms. The number of carbonyl (C=O) groups is 2. The van der Waals surface area contributed by atoms with Gasteiger partial charge in [-0.3, -0.25) is 9.59 Å². The third-order valence-corrected chi connectivity index (χ3v) is 4.96. The molecule has 1 aromatic rings. The summed E-state index contributed by atoms with van der Waals surface area (Å²) in [4.78, 5) is 25.2. The van der Waals surface area contributed by atoms with Gasteiger partial charge in [-0.1, -0.05) is 6.92 Å². The van der Waals surface area contributed by atoms with Gasteiger partial charge >= 0.3 is 0 Å². The fraction of sp³-hybridized carbons (Fsp3) is 0.478. The van der Waals surface area contributed by atoms with Gasteiger partial charge in [0.2, 0.25) is 0 Å². The van der Waals surface area contributed by atoms with Gasteiger partial charge in [0, 0.05) is 36.2 Å². The van der Waals surface area contributed by atoms with E-state index in [9.17, 15) is 18.4 Å². The number of nitrogens with one attached hydrogen (secondary N) is 2. The van der Waals surface area contributed by atoms with Gasteiger partial charge in [0.1, 0.15) is 11.7 Å². The van der Waals surface area contributed by atoms with Crippen molar-refractivity contribution in [2.24, 2.45) is 11.7 Å². The molecule has 2 rings (SSSR count). The number of allylic oxidation sites excluding steroid dienone is 4. The van der Waals surface area contributed by atoms with Crippen LogP contribution in [-0.4, -0.2) is 30.9 Å². The van der Waals surface area contributed by atoms with E-state index in [-0.39, 0.29) is 30.2 Å². The molecule has 0 radical (unpaired) electrons. The summed E-state index contributed by atoms with van der Waals surface area (Å²) in [5.41, 5.74) is 7.22. The van der Waals surface area contributed by atoms with E-state index in [0.29, 0.717) is 43.5 Å². The maximum absolute atomic E-state index is 13.6. The molecule has 0 aliphatic heterocycles. The van der Waals surface area contributed by atoms with Gasteiger partial charge in [-0.2, -0.15) is 0 Å². The van der Waals surface area contributed by atoms with E-state index in [2.05, 4.69) is 10.6 Å². The number of benzene rings is 1. The molecular weight excluding hydrogens is 388 g/mol. The largest absolute Gasteiger partial charge is 0.352 e. The molecule has 30 heavy (non-hydrogen) atoms. The maximum Gasteiger partial charge on any atom is 0.251 e. The lowest BCUT2D eigenvalue weighted by molar-refractivity contribution is 0.0929. The highest BCUT2D eigenvalue weighted by Crippen LogP contribution is 2.28. The van der Waals surface area contributed by atoms with Crippen LogP contribution in [0.4, 0.5) is 8.78 Å². The number of rotatable bonds is 10. The van der Waals surface area contributed by atoms with E-state index in [0.717, 1.165) is 18.1 Å². The minimum Gasteiger partial charge on any atom is -0.352 e. The summed E-state index contributed by atoms with van der Waals surface area (Å²) >= 11 is 0. The Morgan fingerprint density at radius 3 is 2.53 bits per heavy atom. The average Bonchev–Trinajstić information content (AvgIpc) is 2.68. The van der Waals surface area contributed by atoms with Gasteiger partial charge in [0.15, 0.2) is 0 Å². The zero-order valence-electron chi connectivity index (χ0n) is 17.6. The topological polar surface area (TPSA) is 84.2 Å². The molecule has 164 valence electrons. The maximum atomic E-state index is 13.6. The van der Waals surface area contributed by atoms with E-state index >= 15 is 0 Å². The molecule has 0 heterocycles. The molecule has 1 aliphatic rings. The van der Waals surface area contributed by atoms with E-state index in [1.807, 2.05) is 13.8 Å². The van der Waals surface area contributed by atoms with Crippen molar-refractivity contribution in [2.45, 2.75) is 52.0 Å². The van der Waals surface area contributed by atoms with Gasteiger partial charge in [0.05, 0.1) is 0 Å². The summed E-state index contributed by atoms with van der Waals surface area (Å²) in [6.45, 7) is 4.81. The predicted molar refractivity (Wildman–Crippen MR) is 114 cm³/mol. The highest BCUT2D eigenvalue weighted by atomic mass is 19.1. The summed E-state index contributed by atoms with van der Waals surface area (Å²) in [7, 11) is 0. The first-order chi connectivity index (χ1) is 14.3. The fourth-order valence-electron chi connectivity index (χ4n) is 3.58. The zero-order chi connectivity index (χ0) is 22.1. The molecule has 2 amide bonds. The molecule has 0 bridgehead atoms. The van der Waals surface area contributed by atoms with E-state index in [1.165, 1.54) is 6.08 Å². The first-order valence-corrected chi connectivity index (χ1v) is 10.5. The van der Waals surface area contributed by atoms with Crippen LogP contribution < -0.4 is 16.4 Å². The quantitative estimate of drug-likeness (QED) is 0.534. The van der Waals surface area contributed by atoms with Crippen molar-refractivity contribution in [1.29, 1.82) is 0 Å². The minimum atomic E-state index is -0.589. The smallest absolute Gasteiger partial charge is 0.251 e. The zero-order valence-corrected chi connectivity index (χ0v) is 17.6. The highest BCUT2D eigenvalue weighted by Gasteiger charge is 2.22. The van der Waals surface area contributed by atoms with Crippen LogP contribution in [0.2, 0.25) is 0 Å². The SMILES string of the molecule is CCCNC(=O)c1cc(C)cc(C(=O)N[C@H](CCCN)CC2C=C(F)C=C(F)C2)c1. The average molecular weight is 420 g/mol. The van der Waals surface area contributed by atoms with E-state index < -0.39 is 11.7 Å². The van der Waals surface area contributed by atoms with Gasteiger partial charge in [-0.15, -0.1) is 0 Å². The lowest BCUT2D eigenvalue weighted by Gasteiger charge is -2.24. The van der Waals surface area contributed by atoms with Crippen LogP contribution in [0.3, 0.4) is 0 Å². The highest BCUT2D eigenvalue weighted by molar-refractivity contribution is 6.00. The third kappa shape index (κ3) is 7.37. The Bertz CT molecular complexity index is 821. The second-order valence-corrected chi connectivity index (χ2v) is 7.79. The monoisotopic (exact) mass is 419 g/mol. The van der Waals surface area contributed by atoms with Crippen molar-refractivity contribution >= 4 is 11.8 Å². The summed E-state index contributed by atoms with van der Waals surface area (Å²) in [6.07, 6.45) is 4.93. The number of hydrogen-bond acceptors (Lipinski definition) is 3. The molecule has 2 atom stereocenters. The summed E-state index contributed by atoms with van der Waals surface area (Å²) in [5.74, 6) is -1.95. The Balaban J connectivity index is 2.12. The second kappa shape index (κ2) is 11.6. The van der Waals surface area contributed by atoms with Gasteiger partial charge < -0.3 is 16.4 Å². The standard InChI is InChI=1S/C23H31F2N3O2/c1-3-7-27-22(29)17-8-15(2)9-18(13-17)23(30)28-21(5-4-6-26)12-16-10-19(24)14-20(25)11-16/h8-10,13-14,16,21H,3-7,11-12,26H2,1-2H3,(H,27,29)(H,28,30)/t16?,21-/m1/s1. The molecule has 0 aromatic heterocycles. The van der Waals surface area contributed by atoms with Crippen molar-refractivity contribution in [3.8, 4) is 0 Å². The minimum absolute atomic E-state index is 0.120. The van der Waals surface area contributed by atoms with Crippen molar-refractivity contribution in [1.82, 2.24) is 10.6 Å². The molecule has 5 nitrogen and oxygen atoms in total. The second-order valence-electron chi connectivity index (χ2n) is 7.79. The van der Waals surface area contributed by atoms with Crippen molar-refractivity contribution in [2.75, 3.05) is 13.1 Å². The van der Waals surface area contributed by atoms with E-state index in [1.54, 1.807) is 18.2 Å². The molecular formula is C23H31F2N3O2. The Hall–Kier alpha value is -2.54. The Labute approximate surface area is 176 Å². The normalized spacial score (nSPS) is 17.0. The molecule has 0 fully saturated rings. The number of hydrogen-bond donors (Lipinski definition) is 3. The van der Waals surface area contributed by atoms with Crippen LogP contribution in [0.25, 0.3) is 0 Å². The molecule has 4 N–H and O–H groups in total. The first kappa shape index (κ1) is 23.7. The Kier molecular flexibility index (Phi) is 9.17.